The normalized spacial score (nSPS) is 11.1. The highest BCUT2D eigenvalue weighted by atomic mass is 16.5. The topological polar surface area (TPSA) is 51.5 Å². The van der Waals surface area contributed by atoms with Crippen LogP contribution in [0.2, 0.25) is 0 Å². The summed E-state index contributed by atoms with van der Waals surface area (Å²) in [5.74, 6) is 1.09. The van der Waals surface area contributed by atoms with Crippen LogP contribution in [0.5, 0.6) is 5.75 Å². The van der Waals surface area contributed by atoms with Crippen LogP contribution in [-0.2, 0) is 4.79 Å². The van der Waals surface area contributed by atoms with Crippen LogP contribution in [0.4, 0.5) is 5.69 Å². The van der Waals surface area contributed by atoms with Gasteiger partial charge in [0.1, 0.15) is 11.5 Å². The molecular formula is C20H17NO3. The lowest BCUT2D eigenvalue weighted by Crippen LogP contribution is -2.13. The molecule has 2 aromatic carbocycles. The van der Waals surface area contributed by atoms with Gasteiger partial charge in [-0.05, 0) is 35.9 Å². The fraction of sp³-hybridized carbons (Fsp3) is 0.0500. The van der Waals surface area contributed by atoms with Crippen LogP contribution in [0, 0.1) is 0 Å². The smallest absolute Gasteiger partial charge is 0.256 e. The fourth-order valence-electron chi connectivity index (χ4n) is 2.31. The van der Waals surface area contributed by atoms with Crippen LogP contribution in [0.3, 0.4) is 0 Å². The second-order valence-corrected chi connectivity index (χ2v) is 5.13. The number of carbonyl (C=O) groups is 1. The lowest BCUT2D eigenvalue weighted by molar-refractivity contribution is -0.111. The number of amides is 1. The largest absolute Gasteiger partial charge is 0.497 e. The summed E-state index contributed by atoms with van der Waals surface area (Å²) in [5, 5.41) is 2.90. The molecule has 3 aromatic rings. The highest BCUT2D eigenvalue weighted by Gasteiger charge is 2.13. The Morgan fingerprint density at radius 1 is 1.04 bits per heavy atom. The van der Waals surface area contributed by atoms with Gasteiger partial charge < -0.3 is 14.5 Å². The number of benzene rings is 2. The maximum Gasteiger partial charge on any atom is 0.256 e. The molecule has 1 amide bonds. The van der Waals surface area contributed by atoms with E-state index in [0.29, 0.717) is 22.8 Å². The van der Waals surface area contributed by atoms with E-state index in [1.165, 1.54) is 0 Å². The molecule has 0 aliphatic rings. The van der Waals surface area contributed by atoms with E-state index in [1.807, 2.05) is 54.6 Å². The van der Waals surface area contributed by atoms with Gasteiger partial charge in [-0.3, -0.25) is 4.79 Å². The number of hydrogen-bond donors (Lipinski definition) is 1. The molecule has 4 heteroatoms. The van der Waals surface area contributed by atoms with Crippen LogP contribution in [0.25, 0.3) is 11.6 Å². The average Bonchev–Trinajstić information content (AvgIpc) is 3.14. The number of nitrogens with one attached hydrogen (secondary N) is 1. The number of carbonyl (C=O) groups excluding carboxylic acids is 1. The number of rotatable bonds is 5. The maximum atomic E-state index is 12.8. The first-order chi connectivity index (χ1) is 11.8. The number of furan rings is 1. The Labute approximate surface area is 140 Å². The summed E-state index contributed by atoms with van der Waals surface area (Å²) < 4.78 is 10.5. The standard InChI is InChI=1S/C20H17NO3/c1-23-17-10-5-9-16(13-17)21-20(22)19(14-18-11-6-12-24-18)15-7-3-2-4-8-15/h2-14H,1H3,(H,21,22). The maximum absolute atomic E-state index is 12.8. The third-order valence-electron chi connectivity index (χ3n) is 3.49. The van der Waals surface area contributed by atoms with E-state index in [9.17, 15) is 4.79 Å². The van der Waals surface area contributed by atoms with Gasteiger partial charge in [-0.15, -0.1) is 0 Å². The molecule has 0 bridgehead atoms. The molecule has 1 aromatic heterocycles. The van der Waals surface area contributed by atoms with Crippen LogP contribution in [-0.4, -0.2) is 13.0 Å². The van der Waals surface area contributed by atoms with Crippen molar-refractivity contribution < 1.29 is 13.9 Å². The Hall–Kier alpha value is -3.27. The summed E-state index contributed by atoms with van der Waals surface area (Å²) in [5.41, 5.74) is 2.00. The van der Waals surface area contributed by atoms with Gasteiger partial charge in [-0.25, -0.2) is 0 Å². The quantitative estimate of drug-likeness (QED) is 0.706. The zero-order valence-corrected chi connectivity index (χ0v) is 13.2. The number of hydrogen-bond acceptors (Lipinski definition) is 3. The van der Waals surface area contributed by atoms with Crippen molar-refractivity contribution >= 4 is 23.2 Å². The molecule has 3 rings (SSSR count). The van der Waals surface area contributed by atoms with Crippen molar-refractivity contribution in [3.05, 3.63) is 84.3 Å². The molecule has 0 aliphatic carbocycles. The first-order valence-electron chi connectivity index (χ1n) is 7.52. The zero-order chi connectivity index (χ0) is 16.8. The fourth-order valence-corrected chi connectivity index (χ4v) is 2.31. The average molecular weight is 319 g/mol. The van der Waals surface area contributed by atoms with Gasteiger partial charge in [0, 0.05) is 11.8 Å². The van der Waals surface area contributed by atoms with Gasteiger partial charge in [-0.1, -0.05) is 36.4 Å². The number of anilines is 1. The predicted octanol–water partition coefficient (Wildman–Crippen LogP) is 4.47. The Kier molecular flexibility index (Phi) is 4.77. The van der Waals surface area contributed by atoms with Crippen molar-refractivity contribution in [1.29, 1.82) is 0 Å². The third-order valence-corrected chi connectivity index (χ3v) is 3.49. The van der Waals surface area contributed by atoms with Crippen molar-refractivity contribution in [3.63, 3.8) is 0 Å². The molecule has 0 fully saturated rings. The Balaban J connectivity index is 1.92. The summed E-state index contributed by atoms with van der Waals surface area (Å²) >= 11 is 0. The minimum atomic E-state index is -0.217. The monoisotopic (exact) mass is 319 g/mol. The van der Waals surface area contributed by atoms with Crippen LogP contribution in [0.15, 0.2) is 77.4 Å². The molecule has 1 heterocycles. The zero-order valence-electron chi connectivity index (χ0n) is 13.2. The molecule has 0 unspecified atom stereocenters. The summed E-state index contributed by atoms with van der Waals surface area (Å²) in [6.45, 7) is 0. The minimum absolute atomic E-state index is 0.217. The van der Waals surface area contributed by atoms with E-state index in [1.54, 1.807) is 31.6 Å². The second-order valence-electron chi connectivity index (χ2n) is 5.13. The summed E-state index contributed by atoms with van der Waals surface area (Å²) in [7, 11) is 1.59. The molecule has 0 spiro atoms. The second kappa shape index (κ2) is 7.33. The Bertz CT molecular complexity index is 836. The van der Waals surface area contributed by atoms with Gasteiger partial charge in [0.2, 0.25) is 0 Å². The van der Waals surface area contributed by atoms with E-state index in [0.717, 1.165) is 5.56 Å². The molecule has 0 aliphatic heterocycles. The van der Waals surface area contributed by atoms with Crippen molar-refractivity contribution in [2.75, 3.05) is 12.4 Å². The summed E-state index contributed by atoms with van der Waals surface area (Å²) in [6.07, 6.45) is 3.30. The van der Waals surface area contributed by atoms with E-state index in [2.05, 4.69) is 5.32 Å². The molecular weight excluding hydrogens is 302 g/mol. The van der Waals surface area contributed by atoms with E-state index >= 15 is 0 Å². The highest BCUT2D eigenvalue weighted by Crippen LogP contribution is 2.22. The molecule has 0 radical (unpaired) electrons. The Morgan fingerprint density at radius 2 is 1.88 bits per heavy atom. The van der Waals surface area contributed by atoms with Gasteiger partial charge >= 0.3 is 0 Å². The third kappa shape index (κ3) is 3.73. The molecule has 1 N–H and O–H groups in total. The molecule has 0 saturated carbocycles. The molecule has 0 atom stereocenters. The van der Waals surface area contributed by atoms with Crippen molar-refractivity contribution in [2.45, 2.75) is 0 Å². The Morgan fingerprint density at radius 3 is 2.58 bits per heavy atom. The molecule has 120 valence electrons. The van der Waals surface area contributed by atoms with Crippen molar-refractivity contribution in [3.8, 4) is 5.75 Å². The molecule has 24 heavy (non-hydrogen) atoms. The van der Waals surface area contributed by atoms with Crippen LogP contribution < -0.4 is 10.1 Å². The number of ether oxygens (including phenoxy) is 1. The predicted molar refractivity (Wildman–Crippen MR) is 94.6 cm³/mol. The van der Waals surface area contributed by atoms with E-state index in [4.69, 9.17) is 9.15 Å². The minimum Gasteiger partial charge on any atom is -0.497 e. The SMILES string of the molecule is COc1cccc(NC(=O)C(=Cc2ccco2)c2ccccc2)c1. The van der Waals surface area contributed by atoms with Gasteiger partial charge in [-0.2, -0.15) is 0 Å². The summed E-state index contributed by atoms with van der Waals surface area (Å²) in [6, 6.07) is 20.3. The molecule has 0 saturated heterocycles. The molecule has 4 nitrogen and oxygen atoms in total. The lowest BCUT2D eigenvalue weighted by atomic mass is 10.0. The van der Waals surface area contributed by atoms with Crippen molar-refractivity contribution in [1.82, 2.24) is 0 Å². The first-order valence-corrected chi connectivity index (χ1v) is 7.52. The highest BCUT2D eigenvalue weighted by molar-refractivity contribution is 6.29. The van der Waals surface area contributed by atoms with Crippen LogP contribution in [0.1, 0.15) is 11.3 Å². The van der Waals surface area contributed by atoms with Gasteiger partial charge in [0.15, 0.2) is 0 Å². The van der Waals surface area contributed by atoms with Crippen molar-refractivity contribution in [2.24, 2.45) is 0 Å². The lowest BCUT2D eigenvalue weighted by Gasteiger charge is -2.10. The summed E-state index contributed by atoms with van der Waals surface area (Å²) in [4.78, 5) is 12.8. The number of methoxy groups -OCH3 is 1. The van der Waals surface area contributed by atoms with Gasteiger partial charge in [0.25, 0.3) is 5.91 Å². The van der Waals surface area contributed by atoms with E-state index < -0.39 is 0 Å². The van der Waals surface area contributed by atoms with Crippen LogP contribution >= 0.6 is 0 Å². The van der Waals surface area contributed by atoms with Gasteiger partial charge in [0.05, 0.1) is 18.9 Å². The first kappa shape index (κ1) is 15.6. The van der Waals surface area contributed by atoms with E-state index in [-0.39, 0.29) is 5.91 Å².